The standard InChI is InChI=1S/C32H17NOS/c1-2-8-20(9-3-1)33-29-27-18(16-23-21-10-4-6-12-25(21)34-31(23)29)14-15-19-17-24-22-11-5-7-13-26(22)35-32(24)30(33)28(19)27/h1-17H. The average Bonchev–Trinajstić information content (AvgIpc) is 3.58. The predicted octanol–water partition coefficient (Wildman–Crippen LogP) is 9.64. The van der Waals surface area contributed by atoms with Crippen LogP contribution in [0.2, 0.25) is 0 Å². The Morgan fingerprint density at radius 1 is 0.571 bits per heavy atom. The van der Waals surface area contributed by atoms with Crippen LogP contribution >= 0.6 is 11.3 Å². The van der Waals surface area contributed by atoms with Gasteiger partial charge in [-0.25, -0.2) is 0 Å². The van der Waals surface area contributed by atoms with Crippen LogP contribution in [0.25, 0.3) is 80.4 Å². The van der Waals surface area contributed by atoms with Gasteiger partial charge in [-0.05, 0) is 47.2 Å². The molecular formula is C32H17NOS. The van der Waals surface area contributed by atoms with Crippen LogP contribution in [0.3, 0.4) is 0 Å². The van der Waals surface area contributed by atoms with Crippen molar-refractivity contribution in [1.29, 1.82) is 0 Å². The van der Waals surface area contributed by atoms with E-state index in [-0.39, 0.29) is 0 Å². The summed E-state index contributed by atoms with van der Waals surface area (Å²) in [5.74, 6) is 0. The summed E-state index contributed by atoms with van der Waals surface area (Å²) in [6.45, 7) is 0. The van der Waals surface area contributed by atoms with Crippen molar-refractivity contribution in [3.05, 3.63) is 103 Å². The molecule has 3 aromatic heterocycles. The molecule has 0 aliphatic carbocycles. The second kappa shape index (κ2) is 6.21. The summed E-state index contributed by atoms with van der Waals surface area (Å²) in [5, 5.41) is 10.1. The fourth-order valence-corrected chi connectivity index (χ4v) is 7.29. The first kappa shape index (κ1) is 18.0. The second-order valence-electron chi connectivity index (χ2n) is 9.33. The first-order chi connectivity index (χ1) is 17.4. The minimum atomic E-state index is 0.932. The average molecular weight is 464 g/mol. The molecule has 0 radical (unpaired) electrons. The predicted molar refractivity (Wildman–Crippen MR) is 150 cm³/mol. The zero-order chi connectivity index (χ0) is 22.7. The van der Waals surface area contributed by atoms with E-state index in [1.54, 1.807) is 0 Å². The van der Waals surface area contributed by atoms with Crippen LogP contribution in [0.15, 0.2) is 108 Å². The number of furan rings is 1. The Balaban J connectivity index is 1.67. The minimum Gasteiger partial charge on any atom is -0.454 e. The van der Waals surface area contributed by atoms with E-state index >= 15 is 0 Å². The molecule has 0 saturated heterocycles. The van der Waals surface area contributed by atoms with Crippen molar-refractivity contribution in [2.75, 3.05) is 0 Å². The van der Waals surface area contributed by atoms with Gasteiger partial charge in [-0.1, -0.05) is 66.7 Å². The number of para-hydroxylation sites is 2. The molecule has 9 aromatic rings. The second-order valence-corrected chi connectivity index (χ2v) is 10.4. The third kappa shape index (κ3) is 2.15. The van der Waals surface area contributed by atoms with Crippen molar-refractivity contribution < 1.29 is 4.42 Å². The topological polar surface area (TPSA) is 18.1 Å². The van der Waals surface area contributed by atoms with E-state index in [2.05, 4.69) is 102 Å². The van der Waals surface area contributed by atoms with E-state index < -0.39 is 0 Å². The fraction of sp³-hybridized carbons (Fsp3) is 0. The number of aromatic nitrogens is 1. The van der Waals surface area contributed by atoms with E-state index in [0.717, 1.165) is 27.8 Å². The first-order valence-corrected chi connectivity index (χ1v) is 12.7. The van der Waals surface area contributed by atoms with Gasteiger partial charge in [0, 0.05) is 42.7 Å². The highest BCUT2D eigenvalue weighted by atomic mass is 32.1. The summed E-state index contributed by atoms with van der Waals surface area (Å²) < 4.78 is 11.7. The Kier molecular flexibility index (Phi) is 3.20. The number of benzene rings is 6. The molecule has 0 aliphatic rings. The SMILES string of the molecule is c1ccc(-n2c3c4oc5ccccc5c4cc4ccc5cc6c7ccccc7sc6c2c5c43)cc1. The van der Waals surface area contributed by atoms with Crippen LogP contribution in [0, 0.1) is 0 Å². The van der Waals surface area contributed by atoms with Crippen molar-refractivity contribution in [2.24, 2.45) is 0 Å². The van der Waals surface area contributed by atoms with Gasteiger partial charge in [0.05, 0.1) is 15.7 Å². The summed E-state index contributed by atoms with van der Waals surface area (Å²) in [5.41, 5.74) is 5.48. The van der Waals surface area contributed by atoms with Crippen LogP contribution in [0.1, 0.15) is 0 Å². The Hall–Kier alpha value is -4.34. The zero-order valence-electron chi connectivity index (χ0n) is 18.6. The molecule has 6 aromatic carbocycles. The van der Waals surface area contributed by atoms with Crippen molar-refractivity contribution in [2.45, 2.75) is 0 Å². The highest BCUT2D eigenvalue weighted by molar-refractivity contribution is 7.26. The summed E-state index contributed by atoms with van der Waals surface area (Å²) in [6.07, 6.45) is 0. The van der Waals surface area contributed by atoms with Crippen LogP contribution in [-0.2, 0) is 0 Å². The first-order valence-electron chi connectivity index (χ1n) is 11.9. The monoisotopic (exact) mass is 463 g/mol. The Labute approximate surface area is 203 Å². The molecule has 0 amide bonds. The van der Waals surface area contributed by atoms with Crippen LogP contribution in [0.4, 0.5) is 0 Å². The van der Waals surface area contributed by atoms with Crippen molar-refractivity contribution in [3.63, 3.8) is 0 Å². The Bertz CT molecular complexity index is 2120. The number of hydrogen-bond acceptors (Lipinski definition) is 2. The van der Waals surface area contributed by atoms with Gasteiger partial charge in [0.2, 0.25) is 0 Å². The molecule has 35 heavy (non-hydrogen) atoms. The molecular weight excluding hydrogens is 446 g/mol. The van der Waals surface area contributed by atoms with Gasteiger partial charge in [-0.3, -0.25) is 0 Å². The zero-order valence-corrected chi connectivity index (χ0v) is 19.4. The van der Waals surface area contributed by atoms with Crippen LogP contribution in [0.5, 0.6) is 0 Å². The van der Waals surface area contributed by atoms with Crippen molar-refractivity contribution in [1.82, 2.24) is 4.57 Å². The molecule has 0 bridgehead atoms. The van der Waals surface area contributed by atoms with Gasteiger partial charge in [-0.15, -0.1) is 11.3 Å². The third-order valence-electron chi connectivity index (χ3n) is 7.50. The fourth-order valence-electron chi connectivity index (χ4n) is 6.07. The summed E-state index contributed by atoms with van der Waals surface area (Å²) in [4.78, 5) is 0. The number of thiophene rings is 1. The highest BCUT2D eigenvalue weighted by Crippen LogP contribution is 2.49. The lowest BCUT2D eigenvalue weighted by atomic mass is 9.98. The summed E-state index contributed by atoms with van der Waals surface area (Å²) in [7, 11) is 0. The van der Waals surface area contributed by atoms with E-state index in [9.17, 15) is 0 Å². The molecule has 0 fully saturated rings. The molecule has 9 rings (SSSR count). The van der Waals surface area contributed by atoms with E-state index in [1.807, 2.05) is 17.4 Å². The van der Waals surface area contributed by atoms with Gasteiger partial charge in [-0.2, -0.15) is 0 Å². The van der Waals surface area contributed by atoms with Crippen LogP contribution < -0.4 is 0 Å². The molecule has 0 unspecified atom stereocenters. The quantitative estimate of drug-likeness (QED) is 0.222. The molecule has 3 heteroatoms. The molecule has 0 spiro atoms. The summed E-state index contributed by atoms with van der Waals surface area (Å²) >= 11 is 1.89. The lowest BCUT2D eigenvalue weighted by Crippen LogP contribution is -1.93. The van der Waals surface area contributed by atoms with Gasteiger partial charge in [0.25, 0.3) is 0 Å². The number of hydrogen-bond donors (Lipinski definition) is 0. The highest BCUT2D eigenvalue weighted by Gasteiger charge is 2.25. The van der Waals surface area contributed by atoms with Crippen LogP contribution in [-0.4, -0.2) is 4.57 Å². The smallest absolute Gasteiger partial charge is 0.160 e. The lowest BCUT2D eigenvalue weighted by molar-refractivity contribution is 0.671. The van der Waals surface area contributed by atoms with E-state index in [0.29, 0.717) is 0 Å². The molecule has 0 saturated carbocycles. The molecule has 162 valence electrons. The Morgan fingerprint density at radius 2 is 1.26 bits per heavy atom. The number of fused-ring (bicyclic) bond motifs is 8. The summed E-state index contributed by atoms with van der Waals surface area (Å²) in [6, 6.07) is 37.1. The van der Waals surface area contributed by atoms with Crippen molar-refractivity contribution >= 4 is 86.0 Å². The van der Waals surface area contributed by atoms with Gasteiger partial charge in [0.1, 0.15) is 5.58 Å². The van der Waals surface area contributed by atoms with Crippen molar-refractivity contribution in [3.8, 4) is 5.69 Å². The van der Waals surface area contributed by atoms with E-state index in [4.69, 9.17) is 4.42 Å². The normalized spacial score (nSPS) is 12.6. The molecule has 2 nitrogen and oxygen atoms in total. The number of nitrogens with zero attached hydrogens (tertiary/aromatic N) is 1. The molecule has 0 atom stereocenters. The molecule has 0 N–H and O–H groups in total. The van der Waals surface area contributed by atoms with Gasteiger partial charge >= 0.3 is 0 Å². The number of rotatable bonds is 1. The lowest BCUT2D eigenvalue weighted by Gasteiger charge is -2.08. The Morgan fingerprint density at radius 3 is 2.11 bits per heavy atom. The molecule has 0 aliphatic heterocycles. The maximum Gasteiger partial charge on any atom is 0.160 e. The maximum atomic E-state index is 6.61. The third-order valence-corrected chi connectivity index (χ3v) is 8.70. The molecule has 3 heterocycles. The largest absolute Gasteiger partial charge is 0.454 e. The van der Waals surface area contributed by atoms with E-state index in [1.165, 1.54) is 52.6 Å². The minimum absolute atomic E-state index is 0.932. The maximum absolute atomic E-state index is 6.61. The van der Waals surface area contributed by atoms with Gasteiger partial charge < -0.3 is 8.98 Å². The van der Waals surface area contributed by atoms with Gasteiger partial charge in [0.15, 0.2) is 5.58 Å².